The molecule has 2 rings (SSSR count). The summed E-state index contributed by atoms with van der Waals surface area (Å²) in [6, 6.07) is 3.06. The molecule has 1 heterocycles. The van der Waals surface area contributed by atoms with E-state index in [0.29, 0.717) is 5.56 Å². The molecule has 1 atom stereocenters. The number of aromatic hydroxyl groups is 1. The van der Waals surface area contributed by atoms with Gasteiger partial charge in [-0.1, -0.05) is 6.07 Å². The highest BCUT2D eigenvalue weighted by atomic mass is 19.1. The van der Waals surface area contributed by atoms with Crippen LogP contribution in [0.15, 0.2) is 12.1 Å². The van der Waals surface area contributed by atoms with Crippen molar-refractivity contribution in [1.82, 2.24) is 5.32 Å². The Hall–Kier alpha value is -1.09. The number of hydrogen-bond donors (Lipinski definition) is 2. The van der Waals surface area contributed by atoms with E-state index in [1.165, 1.54) is 6.07 Å². The smallest absolute Gasteiger partial charge is 0.130 e. The molecule has 2 nitrogen and oxygen atoms in total. The summed E-state index contributed by atoms with van der Waals surface area (Å²) in [6.45, 7) is 3.55. The molecule has 15 heavy (non-hydrogen) atoms. The first kappa shape index (κ1) is 10.4. The van der Waals surface area contributed by atoms with Crippen molar-refractivity contribution < 1.29 is 9.50 Å². The number of phenolic OH excluding ortho intramolecular Hbond substituents is 1. The van der Waals surface area contributed by atoms with Crippen molar-refractivity contribution in [3.63, 3.8) is 0 Å². The van der Waals surface area contributed by atoms with Gasteiger partial charge in [0.2, 0.25) is 0 Å². The van der Waals surface area contributed by atoms with Crippen molar-refractivity contribution in [2.24, 2.45) is 0 Å². The van der Waals surface area contributed by atoms with Crippen LogP contribution < -0.4 is 5.32 Å². The normalized spacial score (nSPS) is 21.6. The summed E-state index contributed by atoms with van der Waals surface area (Å²) in [7, 11) is 0. The number of hydrogen-bond acceptors (Lipinski definition) is 2. The molecule has 3 heteroatoms. The van der Waals surface area contributed by atoms with Gasteiger partial charge in [0.25, 0.3) is 0 Å². The van der Waals surface area contributed by atoms with Gasteiger partial charge in [0, 0.05) is 18.0 Å². The quantitative estimate of drug-likeness (QED) is 0.744. The predicted molar refractivity (Wildman–Crippen MR) is 57.6 cm³/mol. The number of benzene rings is 1. The minimum absolute atomic E-state index is 0.110. The maximum absolute atomic E-state index is 13.6. The molecule has 1 unspecified atom stereocenters. The van der Waals surface area contributed by atoms with Gasteiger partial charge in [-0.25, -0.2) is 4.39 Å². The minimum Gasteiger partial charge on any atom is -0.507 e. The van der Waals surface area contributed by atoms with Gasteiger partial charge in [-0.05, 0) is 37.9 Å². The summed E-state index contributed by atoms with van der Waals surface area (Å²) in [5, 5.41) is 13.1. The molecule has 0 spiro atoms. The molecule has 0 aliphatic carbocycles. The summed E-state index contributed by atoms with van der Waals surface area (Å²) in [5.41, 5.74) is 1.24. The van der Waals surface area contributed by atoms with Gasteiger partial charge >= 0.3 is 0 Å². The molecule has 82 valence electrons. The van der Waals surface area contributed by atoms with E-state index in [1.807, 2.05) is 0 Å². The predicted octanol–water partition coefficient (Wildman–Crippen LogP) is 2.31. The second kappa shape index (κ2) is 4.19. The number of phenols is 1. The molecule has 0 aromatic heterocycles. The van der Waals surface area contributed by atoms with Crippen LogP contribution in [-0.2, 0) is 0 Å². The van der Waals surface area contributed by atoms with Crippen molar-refractivity contribution in [3.05, 3.63) is 29.1 Å². The molecule has 0 saturated carbocycles. The maximum atomic E-state index is 13.6. The van der Waals surface area contributed by atoms with Crippen LogP contribution in [-0.4, -0.2) is 18.2 Å². The van der Waals surface area contributed by atoms with Crippen molar-refractivity contribution in [2.45, 2.75) is 25.7 Å². The highest BCUT2D eigenvalue weighted by Crippen LogP contribution is 2.34. The lowest BCUT2D eigenvalue weighted by molar-refractivity contribution is 0.408. The molecule has 2 N–H and O–H groups in total. The maximum Gasteiger partial charge on any atom is 0.130 e. The van der Waals surface area contributed by atoms with Gasteiger partial charge < -0.3 is 10.4 Å². The van der Waals surface area contributed by atoms with Gasteiger partial charge in [0.05, 0.1) is 0 Å². The van der Waals surface area contributed by atoms with E-state index in [9.17, 15) is 9.50 Å². The summed E-state index contributed by atoms with van der Waals surface area (Å²) in [6.07, 6.45) is 1.98. The summed E-state index contributed by atoms with van der Waals surface area (Å²) in [4.78, 5) is 0. The minimum atomic E-state index is -0.285. The van der Waals surface area contributed by atoms with Gasteiger partial charge in [0.15, 0.2) is 0 Å². The Bertz CT molecular complexity index is 359. The van der Waals surface area contributed by atoms with Crippen LogP contribution in [0.5, 0.6) is 5.75 Å². The van der Waals surface area contributed by atoms with E-state index in [4.69, 9.17) is 0 Å². The summed E-state index contributed by atoms with van der Waals surface area (Å²) >= 11 is 0. The Morgan fingerprint density at radius 2 is 2.27 bits per heavy atom. The van der Waals surface area contributed by atoms with Crippen LogP contribution in [0.4, 0.5) is 4.39 Å². The number of halogens is 1. The summed E-state index contributed by atoms with van der Waals surface area (Å²) in [5.74, 6) is -0.0471. The van der Waals surface area contributed by atoms with Gasteiger partial charge in [-0.2, -0.15) is 0 Å². The van der Waals surface area contributed by atoms with Crippen LogP contribution in [0.1, 0.15) is 29.9 Å². The molecule has 0 radical (unpaired) electrons. The van der Waals surface area contributed by atoms with E-state index >= 15 is 0 Å². The number of aryl methyl sites for hydroxylation is 1. The fraction of sp³-hybridized carbons (Fsp3) is 0.500. The highest BCUT2D eigenvalue weighted by molar-refractivity contribution is 5.43. The molecule has 1 aliphatic rings. The Labute approximate surface area is 89.1 Å². The Kier molecular flexibility index (Phi) is 2.91. The number of piperidine rings is 1. The van der Waals surface area contributed by atoms with Crippen LogP contribution >= 0.6 is 0 Å². The highest BCUT2D eigenvalue weighted by Gasteiger charge is 2.22. The monoisotopic (exact) mass is 209 g/mol. The first-order chi connectivity index (χ1) is 7.20. The van der Waals surface area contributed by atoms with Crippen molar-refractivity contribution >= 4 is 0 Å². The van der Waals surface area contributed by atoms with E-state index in [0.717, 1.165) is 31.5 Å². The molecule has 1 aromatic carbocycles. The topological polar surface area (TPSA) is 32.3 Å². The van der Waals surface area contributed by atoms with Gasteiger partial charge in [-0.15, -0.1) is 0 Å². The molecule has 1 saturated heterocycles. The van der Waals surface area contributed by atoms with Crippen LogP contribution in [0.25, 0.3) is 0 Å². The Morgan fingerprint density at radius 3 is 2.93 bits per heavy atom. The molecule has 1 fully saturated rings. The van der Waals surface area contributed by atoms with Gasteiger partial charge in [0.1, 0.15) is 11.6 Å². The van der Waals surface area contributed by atoms with Crippen molar-refractivity contribution in [2.75, 3.05) is 13.1 Å². The lowest BCUT2D eigenvalue weighted by atomic mass is 9.89. The Balaban J connectivity index is 2.36. The fourth-order valence-corrected chi connectivity index (χ4v) is 2.18. The summed E-state index contributed by atoms with van der Waals surface area (Å²) < 4.78 is 13.6. The lowest BCUT2D eigenvalue weighted by Crippen LogP contribution is -2.29. The molecular formula is C12H16FNO. The average Bonchev–Trinajstić information content (AvgIpc) is 2.26. The molecule has 0 amide bonds. The Morgan fingerprint density at radius 1 is 1.47 bits per heavy atom. The molecule has 0 bridgehead atoms. The van der Waals surface area contributed by atoms with E-state index in [2.05, 4.69) is 5.32 Å². The van der Waals surface area contributed by atoms with Crippen molar-refractivity contribution in [3.8, 4) is 5.75 Å². The number of nitrogens with one attached hydrogen (secondary N) is 1. The van der Waals surface area contributed by atoms with Crippen LogP contribution in [0, 0.1) is 12.7 Å². The lowest BCUT2D eigenvalue weighted by Gasteiger charge is -2.24. The first-order valence-corrected chi connectivity index (χ1v) is 5.39. The van der Waals surface area contributed by atoms with Crippen molar-refractivity contribution in [1.29, 1.82) is 0 Å². The second-order valence-electron chi connectivity index (χ2n) is 4.17. The molecule has 1 aliphatic heterocycles. The zero-order valence-electron chi connectivity index (χ0n) is 8.89. The zero-order valence-corrected chi connectivity index (χ0v) is 8.89. The third-order valence-corrected chi connectivity index (χ3v) is 3.07. The third-order valence-electron chi connectivity index (χ3n) is 3.07. The van der Waals surface area contributed by atoms with E-state index < -0.39 is 0 Å². The number of rotatable bonds is 1. The molecular weight excluding hydrogens is 193 g/mol. The molecule has 1 aromatic rings. The largest absolute Gasteiger partial charge is 0.507 e. The van der Waals surface area contributed by atoms with Crippen LogP contribution in [0.3, 0.4) is 0 Å². The van der Waals surface area contributed by atoms with Gasteiger partial charge in [-0.3, -0.25) is 0 Å². The van der Waals surface area contributed by atoms with E-state index in [1.54, 1.807) is 13.0 Å². The standard InChI is InChI=1S/C12H16FNO/c1-8-4-5-10(13)11(12(8)15)9-3-2-6-14-7-9/h4-5,9,14-15H,2-3,6-7H2,1H3. The fourth-order valence-electron chi connectivity index (χ4n) is 2.18. The SMILES string of the molecule is Cc1ccc(F)c(C2CCCNC2)c1O. The average molecular weight is 209 g/mol. The van der Waals surface area contributed by atoms with Crippen LogP contribution in [0.2, 0.25) is 0 Å². The third kappa shape index (κ3) is 1.97. The van der Waals surface area contributed by atoms with E-state index in [-0.39, 0.29) is 17.5 Å². The second-order valence-corrected chi connectivity index (χ2v) is 4.17. The zero-order chi connectivity index (χ0) is 10.8. The first-order valence-electron chi connectivity index (χ1n) is 5.39.